The van der Waals surface area contributed by atoms with Crippen LogP contribution in [-0.2, 0) is 9.59 Å². The van der Waals surface area contributed by atoms with Crippen LogP contribution < -0.4 is 10.1 Å². The molecule has 1 amide bonds. The first-order valence-corrected chi connectivity index (χ1v) is 6.44. The molecule has 0 aliphatic rings. The number of para-hydroxylation sites is 1. The molecule has 1 aromatic carbocycles. The number of amides is 1. The lowest BCUT2D eigenvalue weighted by Gasteiger charge is -2.12. The van der Waals surface area contributed by atoms with Crippen LogP contribution >= 0.6 is 0 Å². The van der Waals surface area contributed by atoms with Crippen LogP contribution in [0.3, 0.4) is 0 Å². The molecule has 110 valence electrons. The van der Waals surface area contributed by atoms with E-state index in [2.05, 4.69) is 5.32 Å². The molecule has 0 saturated carbocycles. The first kappa shape index (κ1) is 15.9. The van der Waals surface area contributed by atoms with E-state index in [0.29, 0.717) is 12.8 Å². The molecule has 0 saturated heterocycles. The van der Waals surface area contributed by atoms with Crippen LogP contribution in [0.15, 0.2) is 24.3 Å². The lowest BCUT2D eigenvalue weighted by molar-refractivity contribution is -0.141. The molecule has 1 atom stereocenters. The zero-order valence-corrected chi connectivity index (χ0v) is 11.3. The summed E-state index contributed by atoms with van der Waals surface area (Å²) in [5, 5.41) is 11.2. The van der Waals surface area contributed by atoms with Crippen molar-refractivity contribution in [2.24, 2.45) is 0 Å². The van der Waals surface area contributed by atoms with Gasteiger partial charge in [-0.15, -0.1) is 0 Å². The SMILES string of the molecule is CCC(NC(=O)CCCOc1ccccc1F)C(=O)O. The van der Waals surface area contributed by atoms with Gasteiger partial charge < -0.3 is 15.2 Å². The zero-order chi connectivity index (χ0) is 15.0. The summed E-state index contributed by atoms with van der Waals surface area (Å²) in [6, 6.07) is 5.15. The van der Waals surface area contributed by atoms with E-state index in [1.54, 1.807) is 19.1 Å². The fourth-order valence-corrected chi connectivity index (χ4v) is 1.58. The molecular formula is C14H18FNO4. The van der Waals surface area contributed by atoms with Crippen molar-refractivity contribution in [1.82, 2.24) is 5.32 Å². The van der Waals surface area contributed by atoms with Gasteiger partial charge in [0.2, 0.25) is 5.91 Å². The molecule has 1 rings (SSSR count). The van der Waals surface area contributed by atoms with E-state index in [9.17, 15) is 14.0 Å². The highest BCUT2D eigenvalue weighted by Crippen LogP contribution is 2.15. The van der Waals surface area contributed by atoms with E-state index in [1.807, 2.05) is 0 Å². The van der Waals surface area contributed by atoms with Crippen LogP contribution in [0.5, 0.6) is 5.75 Å². The number of halogens is 1. The van der Waals surface area contributed by atoms with E-state index in [0.717, 1.165) is 0 Å². The van der Waals surface area contributed by atoms with E-state index in [1.165, 1.54) is 12.1 Å². The van der Waals surface area contributed by atoms with Crippen LogP contribution in [0, 0.1) is 5.82 Å². The monoisotopic (exact) mass is 283 g/mol. The molecule has 0 heterocycles. The Kier molecular flexibility index (Phi) is 6.49. The minimum absolute atomic E-state index is 0.137. The number of ether oxygens (including phenoxy) is 1. The number of carboxylic acid groups (broad SMARTS) is 1. The van der Waals surface area contributed by atoms with Crippen molar-refractivity contribution in [1.29, 1.82) is 0 Å². The van der Waals surface area contributed by atoms with Gasteiger partial charge in [-0.25, -0.2) is 9.18 Å². The molecule has 0 aliphatic heterocycles. The maximum absolute atomic E-state index is 13.2. The van der Waals surface area contributed by atoms with Crippen molar-refractivity contribution in [2.75, 3.05) is 6.61 Å². The maximum Gasteiger partial charge on any atom is 0.326 e. The highest BCUT2D eigenvalue weighted by atomic mass is 19.1. The van der Waals surface area contributed by atoms with Gasteiger partial charge in [-0.2, -0.15) is 0 Å². The van der Waals surface area contributed by atoms with Gasteiger partial charge in [0.1, 0.15) is 6.04 Å². The van der Waals surface area contributed by atoms with Gasteiger partial charge >= 0.3 is 5.97 Å². The Morgan fingerprint density at radius 2 is 2.10 bits per heavy atom. The average molecular weight is 283 g/mol. The molecule has 6 heteroatoms. The van der Waals surface area contributed by atoms with Gasteiger partial charge in [0.15, 0.2) is 11.6 Å². The molecule has 1 aromatic rings. The molecule has 0 radical (unpaired) electrons. The number of rotatable bonds is 8. The molecular weight excluding hydrogens is 265 g/mol. The van der Waals surface area contributed by atoms with Crippen molar-refractivity contribution in [3.05, 3.63) is 30.1 Å². The second-order valence-corrected chi connectivity index (χ2v) is 4.25. The fraction of sp³-hybridized carbons (Fsp3) is 0.429. The van der Waals surface area contributed by atoms with E-state index in [4.69, 9.17) is 9.84 Å². The Morgan fingerprint density at radius 3 is 2.70 bits per heavy atom. The summed E-state index contributed by atoms with van der Waals surface area (Å²) in [6.45, 7) is 1.87. The molecule has 0 bridgehead atoms. The second-order valence-electron chi connectivity index (χ2n) is 4.25. The first-order chi connectivity index (χ1) is 9.54. The summed E-state index contributed by atoms with van der Waals surface area (Å²) in [5.41, 5.74) is 0. The highest BCUT2D eigenvalue weighted by Gasteiger charge is 2.16. The van der Waals surface area contributed by atoms with Crippen molar-refractivity contribution >= 4 is 11.9 Å². The topological polar surface area (TPSA) is 75.6 Å². The summed E-state index contributed by atoms with van der Waals surface area (Å²) in [7, 11) is 0. The van der Waals surface area contributed by atoms with E-state index in [-0.39, 0.29) is 24.7 Å². The van der Waals surface area contributed by atoms with Gasteiger partial charge in [-0.1, -0.05) is 19.1 Å². The third-order valence-electron chi connectivity index (χ3n) is 2.68. The molecule has 20 heavy (non-hydrogen) atoms. The minimum Gasteiger partial charge on any atom is -0.491 e. The predicted octanol–water partition coefficient (Wildman–Crippen LogP) is 1.96. The van der Waals surface area contributed by atoms with Crippen molar-refractivity contribution in [3.63, 3.8) is 0 Å². The molecule has 0 aromatic heterocycles. The van der Waals surface area contributed by atoms with E-state index >= 15 is 0 Å². The van der Waals surface area contributed by atoms with Gasteiger partial charge in [-0.3, -0.25) is 4.79 Å². The van der Waals surface area contributed by atoms with Crippen LogP contribution in [0.25, 0.3) is 0 Å². The van der Waals surface area contributed by atoms with Crippen LogP contribution in [0.1, 0.15) is 26.2 Å². The van der Waals surface area contributed by atoms with Gasteiger partial charge in [0.05, 0.1) is 6.61 Å². The quantitative estimate of drug-likeness (QED) is 0.715. The molecule has 0 aliphatic carbocycles. The molecule has 2 N–H and O–H groups in total. The number of carbonyl (C=O) groups is 2. The summed E-state index contributed by atoms with van der Waals surface area (Å²) in [6.07, 6.45) is 0.848. The Hall–Kier alpha value is -2.11. The Balaban J connectivity index is 2.26. The summed E-state index contributed by atoms with van der Waals surface area (Å²) in [4.78, 5) is 22.2. The van der Waals surface area contributed by atoms with Crippen molar-refractivity contribution in [2.45, 2.75) is 32.2 Å². The maximum atomic E-state index is 13.2. The third kappa shape index (κ3) is 5.26. The molecule has 1 unspecified atom stereocenters. The summed E-state index contributed by atoms with van der Waals surface area (Å²) in [5.74, 6) is -1.71. The van der Waals surface area contributed by atoms with Crippen molar-refractivity contribution < 1.29 is 23.8 Å². The van der Waals surface area contributed by atoms with Gasteiger partial charge in [0.25, 0.3) is 0 Å². The third-order valence-corrected chi connectivity index (χ3v) is 2.68. The van der Waals surface area contributed by atoms with Crippen molar-refractivity contribution in [3.8, 4) is 5.75 Å². The summed E-state index contributed by atoms with van der Waals surface area (Å²) < 4.78 is 18.4. The largest absolute Gasteiger partial charge is 0.491 e. The Labute approximate surface area is 116 Å². The lowest BCUT2D eigenvalue weighted by Crippen LogP contribution is -2.40. The van der Waals surface area contributed by atoms with Crippen LogP contribution in [0.2, 0.25) is 0 Å². The van der Waals surface area contributed by atoms with E-state index < -0.39 is 17.8 Å². The smallest absolute Gasteiger partial charge is 0.326 e. The summed E-state index contributed by atoms with van der Waals surface area (Å²) >= 11 is 0. The highest BCUT2D eigenvalue weighted by molar-refractivity contribution is 5.83. The molecule has 5 nitrogen and oxygen atoms in total. The average Bonchev–Trinajstić information content (AvgIpc) is 2.42. The number of hydrogen-bond donors (Lipinski definition) is 2. The first-order valence-electron chi connectivity index (χ1n) is 6.44. The molecule has 0 fully saturated rings. The van der Waals surface area contributed by atoms with Crippen LogP contribution in [0.4, 0.5) is 4.39 Å². The van der Waals surface area contributed by atoms with Gasteiger partial charge in [-0.05, 0) is 25.0 Å². The Bertz CT molecular complexity index is 464. The molecule has 0 spiro atoms. The Morgan fingerprint density at radius 1 is 1.40 bits per heavy atom. The number of benzene rings is 1. The number of carboxylic acids is 1. The fourth-order valence-electron chi connectivity index (χ4n) is 1.58. The normalized spacial score (nSPS) is 11.7. The second kappa shape index (κ2) is 8.14. The van der Waals surface area contributed by atoms with Gasteiger partial charge in [0, 0.05) is 6.42 Å². The number of hydrogen-bond acceptors (Lipinski definition) is 3. The number of aliphatic carboxylic acids is 1. The standard InChI is InChI=1S/C14H18FNO4/c1-2-11(14(18)19)16-13(17)8-5-9-20-12-7-4-3-6-10(12)15/h3-4,6-7,11H,2,5,8-9H2,1H3,(H,16,17)(H,18,19). The van der Waals surface area contributed by atoms with Crippen LogP contribution in [-0.4, -0.2) is 29.6 Å². The minimum atomic E-state index is -1.05. The predicted molar refractivity (Wildman–Crippen MR) is 71.0 cm³/mol. The lowest BCUT2D eigenvalue weighted by atomic mass is 10.2. The number of carbonyl (C=O) groups excluding carboxylic acids is 1. The number of nitrogens with one attached hydrogen (secondary N) is 1. The zero-order valence-electron chi connectivity index (χ0n) is 11.3.